The van der Waals surface area contributed by atoms with Gasteiger partial charge in [0, 0.05) is 17.0 Å². The second-order valence-corrected chi connectivity index (χ2v) is 7.59. The fourth-order valence-corrected chi connectivity index (χ4v) is 3.32. The summed E-state index contributed by atoms with van der Waals surface area (Å²) in [5, 5.41) is 0.826. The lowest BCUT2D eigenvalue weighted by Crippen LogP contribution is -2.05. The first-order valence-electron chi connectivity index (χ1n) is 10.4. The van der Waals surface area contributed by atoms with E-state index < -0.39 is 11.7 Å². The zero-order chi connectivity index (χ0) is 24.1. The van der Waals surface area contributed by atoms with Gasteiger partial charge in [0.2, 0.25) is 0 Å². The molecule has 1 aromatic heterocycles. The van der Waals surface area contributed by atoms with Crippen molar-refractivity contribution >= 4 is 16.9 Å². The summed E-state index contributed by atoms with van der Waals surface area (Å²) in [6.07, 6.45) is -2.68. The Morgan fingerprint density at radius 1 is 0.853 bits per heavy atom. The lowest BCUT2D eigenvalue weighted by Gasteiger charge is -2.10. The Bertz CT molecular complexity index is 1260. The van der Waals surface area contributed by atoms with Crippen LogP contribution in [0.3, 0.4) is 0 Å². The Morgan fingerprint density at radius 2 is 1.44 bits per heavy atom. The highest BCUT2D eigenvalue weighted by Crippen LogP contribution is 2.29. The number of hydrogen-bond acceptors (Lipinski definition) is 5. The van der Waals surface area contributed by atoms with Gasteiger partial charge in [0.25, 0.3) is 0 Å². The van der Waals surface area contributed by atoms with Gasteiger partial charge in [-0.1, -0.05) is 24.3 Å². The van der Waals surface area contributed by atoms with Gasteiger partial charge in [-0.2, -0.15) is 13.2 Å². The third-order valence-corrected chi connectivity index (χ3v) is 5.21. The van der Waals surface area contributed by atoms with Crippen molar-refractivity contribution < 1.29 is 36.6 Å². The molecule has 3 aromatic carbocycles. The number of hydrogen-bond donors (Lipinski definition) is 0. The minimum atomic E-state index is -4.35. The highest BCUT2D eigenvalue weighted by Gasteiger charge is 2.29. The molecule has 0 amide bonds. The minimum Gasteiger partial charge on any atom is -0.489 e. The summed E-state index contributed by atoms with van der Waals surface area (Å²) in [6, 6.07) is 17.5. The van der Waals surface area contributed by atoms with Crippen LogP contribution in [-0.4, -0.2) is 13.1 Å². The van der Waals surface area contributed by atoms with Gasteiger partial charge < -0.3 is 18.6 Å². The number of halogens is 3. The molecule has 0 bridgehead atoms. The van der Waals surface area contributed by atoms with Gasteiger partial charge in [-0.3, -0.25) is 4.79 Å². The molecule has 1 heterocycles. The van der Waals surface area contributed by atoms with Crippen LogP contribution in [0.1, 0.15) is 22.3 Å². The summed E-state index contributed by atoms with van der Waals surface area (Å²) in [4.78, 5) is 11.5. The summed E-state index contributed by atoms with van der Waals surface area (Å²) in [7, 11) is 1.34. The zero-order valence-electron chi connectivity index (χ0n) is 18.2. The van der Waals surface area contributed by atoms with Crippen molar-refractivity contribution in [3.8, 4) is 11.5 Å². The molecule has 0 aliphatic heterocycles. The lowest BCUT2D eigenvalue weighted by atomic mass is 10.1. The van der Waals surface area contributed by atoms with E-state index in [1.807, 2.05) is 18.2 Å². The molecule has 0 saturated carbocycles. The normalized spacial score (nSPS) is 11.4. The third kappa shape index (κ3) is 5.70. The molecule has 0 atom stereocenters. The number of benzene rings is 3. The van der Waals surface area contributed by atoms with Crippen LogP contribution < -0.4 is 9.47 Å². The number of furan rings is 1. The first-order chi connectivity index (χ1) is 16.3. The number of ether oxygens (including phenoxy) is 3. The molecule has 34 heavy (non-hydrogen) atoms. The second-order valence-electron chi connectivity index (χ2n) is 7.59. The molecule has 0 radical (unpaired) electrons. The topological polar surface area (TPSA) is 57.9 Å². The van der Waals surface area contributed by atoms with Crippen molar-refractivity contribution in [3.63, 3.8) is 0 Å². The van der Waals surface area contributed by atoms with Crippen LogP contribution in [0.25, 0.3) is 11.0 Å². The average Bonchev–Trinajstić information content (AvgIpc) is 3.23. The highest BCUT2D eigenvalue weighted by atomic mass is 19.4. The van der Waals surface area contributed by atoms with Gasteiger partial charge in [-0.25, -0.2) is 0 Å². The summed E-state index contributed by atoms with van der Waals surface area (Å²) in [5.74, 6) is 0.877. The predicted octanol–water partition coefficient (Wildman–Crippen LogP) is 6.33. The van der Waals surface area contributed by atoms with E-state index in [-0.39, 0.29) is 19.0 Å². The molecule has 8 heteroatoms. The average molecular weight is 470 g/mol. The van der Waals surface area contributed by atoms with Gasteiger partial charge in [0.05, 0.1) is 25.4 Å². The molecule has 0 fully saturated rings. The molecular formula is C26H21F3O5. The lowest BCUT2D eigenvalue weighted by molar-refractivity contribution is -0.140. The maximum atomic E-state index is 12.6. The molecular weight excluding hydrogens is 449 g/mol. The number of methoxy groups -OCH3 is 1. The van der Waals surface area contributed by atoms with Crippen LogP contribution in [0.4, 0.5) is 13.2 Å². The molecule has 0 aliphatic carbocycles. The van der Waals surface area contributed by atoms with Crippen LogP contribution in [0, 0.1) is 0 Å². The quantitative estimate of drug-likeness (QED) is 0.282. The van der Waals surface area contributed by atoms with E-state index in [4.69, 9.17) is 18.6 Å². The first-order valence-corrected chi connectivity index (χ1v) is 10.4. The minimum absolute atomic E-state index is 0.136. The van der Waals surface area contributed by atoms with E-state index in [0.29, 0.717) is 29.3 Å². The third-order valence-electron chi connectivity index (χ3n) is 5.21. The van der Waals surface area contributed by atoms with E-state index in [9.17, 15) is 18.0 Å². The first kappa shape index (κ1) is 23.2. The van der Waals surface area contributed by atoms with Gasteiger partial charge in [0.1, 0.15) is 30.3 Å². The number of carbonyl (C=O) groups excluding carboxylic acids is 1. The van der Waals surface area contributed by atoms with Crippen molar-refractivity contribution in [3.05, 3.63) is 95.2 Å². The van der Waals surface area contributed by atoms with E-state index in [0.717, 1.165) is 28.6 Å². The molecule has 0 spiro atoms. The fourth-order valence-electron chi connectivity index (χ4n) is 3.32. The standard InChI is InChI=1S/C26H21F3O5/c1-31-25(30)12-19-16-34-24-13-22(10-11-23(19)24)33-15-18-4-8-21(9-5-18)32-14-17-2-6-20(7-3-17)26(27,28)29/h2-11,13,16H,12,14-15H2,1H3. The maximum Gasteiger partial charge on any atom is 0.416 e. The Morgan fingerprint density at radius 3 is 2.06 bits per heavy atom. The van der Waals surface area contributed by atoms with Crippen molar-refractivity contribution in [1.29, 1.82) is 0 Å². The van der Waals surface area contributed by atoms with Crippen molar-refractivity contribution in [2.45, 2.75) is 25.8 Å². The van der Waals surface area contributed by atoms with Gasteiger partial charge in [-0.15, -0.1) is 0 Å². The molecule has 0 unspecified atom stereocenters. The molecule has 4 aromatic rings. The highest BCUT2D eigenvalue weighted by molar-refractivity contribution is 5.86. The summed E-state index contributed by atoms with van der Waals surface area (Å²) in [5.41, 5.74) is 2.23. The molecule has 0 aliphatic rings. The number of alkyl halides is 3. The van der Waals surface area contributed by atoms with E-state index in [1.54, 1.807) is 24.3 Å². The summed E-state index contributed by atoms with van der Waals surface area (Å²) in [6.45, 7) is 0.482. The van der Waals surface area contributed by atoms with Crippen LogP contribution in [0.5, 0.6) is 11.5 Å². The van der Waals surface area contributed by atoms with E-state index in [2.05, 4.69) is 0 Å². The van der Waals surface area contributed by atoms with Crippen molar-refractivity contribution in [1.82, 2.24) is 0 Å². The Kier molecular flexibility index (Phi) is 6.77. The largest absolute Gasteiger partial charge is 0.489 e. The van der Waals surface area contributed by atoms with Crippen LogP contribution in [0.15, 0.2) is 77.4 Å². The number of rotatable bonds is 8. The Balaban J connectivity index is 1.30. The number of carbonyl (C=O) groups is 1. The summed E-state index contributed by atoms with van der Waals surface area (Å²) >= 11 is 0. The monoisotopic (exact) mass is 470 g/mol. The molecule has 5 nitrogen and oxygen atoms in total. The Hall–Kier alpha value is -3.94. The van der Waals surface area contributed by atoms with Crippen LogP contribution in [0.2, 0.25) is 0 Å². The SMILES string of the molecule is COC(=O)Cc1coc2cc(OCc3ccc(OCc4ccc(C(F)(F)F)cc4)cc3)ccc12. The zero-order valence-corrected chi connectivity index (χ0v) is 18.2. The van der Waals surface area contributed by atoms with Gasteiger partial charge in [0.15, 0.2) is 0 Å². The molecule has 0 saturated heterocycles. The molecule has 176 valence electrons. The molecule has 0 N–H and O–H groups in total. The van der Waals surface area contributed by atoms with Crippen LogP contribution in [-0.2, 0) is 35.3 Å². The number of esters is 1. The van der Waals surface area contributed by atoms with Gasteiger partial charge >= 0.3 is 12.1 Å². The van der Waals surface area contributed by atoms with Crippen molar-refractivity contribution in [2.24, 2.45) is 0 Å². The van der Waals surface area contributed by atoms with Gasteiger partial charge in [-0.05, 0) is 47.5 Å². The Labute approximate surface area is 193 Å². The fraction of sp³-hybridized carbons (Fsp3) is 0.192. The van der Waals surface area contributed by atoms with E-state index >= 15 is 0 Å². The molecule has 4 rings (SSSR count). The van der Waals surface area contributed by atoms with E-state index in [1.165, 1.54) is 25.5 Å². The van der Waals surface area contributed by atoms with Crippen LogP contribution >= 0.6 is 0 Å². The summed E-state index contributed by atoms with van der Waals surface area (Å²) < 4.78 is 59.6. The maximum absolute atomic E-state index is 12.6. The smallest absolute Gasteiger partial charge is 0.416 e. The number of fused-ring (bicyclic) bond motifs is 1. The predicted molar refractivity (Wildman–Crippen MR) is 118 cm³/mol. The van der Waals surface area contributed by atoms with Crippen molar-refractivity contribution in [2.75, 3.05) is 7.11 Å². The second kappa shape index (κ2) is 9.91.